The summed E-state index contributed by atoms with van der Waals surface area (Å²) >= 11 is 0. The molecule has 0 atom stereocenters. The Balaban J connectivity index is 2.63. The maximum absolute atomic E-state index is 13.7. The van der Waals surface area contributed by atoms with Crippen LogP contribution in [0, 0.1) is 5.41 Å². The van der Waals surface area contributed by atoms with E-state index >= 15 is 0 Å². The van der Waals surface area contributed by atoms with Crippen molar-refractivity contribution in [2.24, 2.45) is 5.41 Å². The second kappa shape index (κ2) is 5.80. The number of carbonyl (C=O) groups excluding carboxylic acids is 1. The van der Waals surface area contributed by atoms with Crippen molar-refractivity contribution in [2.75, 3.05) is 13.2 Å². The quantitative estimate of drug-likeness (QED) is 0.565. The Morgan fingerprint density at radius 3 is 2.22 bits per heavy atom. The first kappa shape index (κ1) is 15.1. The highest BCUT2D eigenvalue weighted by molar-refractivity contribution is 5.87. The summed E-state index contributed by atoms with van der Waals surface area (Å²) in [6.45, 7) is 9.35. The van der Waals surface area contributed by atoms with Crippen molar-refractivity contribution in [3.8, 4) is 0 Å². The van der Waals surface area contributed by atoms with Crippen LogP contribution in [0.15, 0.2) is 11.4 Å². The fourth-order valence-corrected chi connectivity index (χ4v) is 1.48. The minimum absolute atomic E-state index is 0.0565. The molecule has 0 aliphatic carbocycles. The lowest BCUT2D eigenvalue weighted by Gasteiger charge is -2.34. The standard InChI is InChI=1S/C13H21FO4/c1-8(2)18-11(15)10(14)9-6-16-12(17-7-9)13(3,4)5/h8,12H,6-7H2,1-5H3. The van der Waals surface area contributed by atoms with Gasteiger partial charge in [-0.1, -0.05) is 20.8 Å². The molecular formula is C13H21FO4. The van der Waals surface area contributed by atoms with Crippen LogP contribution in [-0.2, 0) is 19.0 Å². The molecule has 0 saturated carbocycles. The van der Waals surface area contributed by atoms with Crippen molar-refractivity contribution in [1.29, 1.82) is 0 Å². The van der Waals surface area contributed by atoms with E-state index in [0.717, 1.165) is 0 Å². The number of hydrogen-bond acceptors (Lipinski definition) is 4. The third-order valence-corrected chi connectivity index (χ3v) is 2.36. The predicted molar refractivity (Wildman–Crippen MR) is 64.5 cm³/mol. The highest BCUT2D eigenvalue weighted by Gasteiger charge is 2.32. The van der Waals surface area contributed by atoms with E-state index in [4.69, 9.17) is 14.2 Å². The van der Waals surface area contributed by atoms with E-state index in [1.165, 1.54) is 0 Å². The fourth-order valence-electron chi connectivity index (χ4n) is 1.48. The average Bonchev–Trinajstić information content (AvgIpc) is 2.26. The molecule has 0 spiro atoms. The molecule has 0 aromatic carbocycles. The first-order valence-electron chi connectivity index (χ1n) is 6.03. The monoisotopic (exact) mass is 260 g/mol. The number of halogens is 1. The number of ether oxygens (including phenoxy) is 3. The highest BCUT2D eigenvalue weighted by atomic mass is 19.1. The number of carbonyl (C=O) groups is 1. The van der Waals surface area contributed by atoms with E-state index in [2.05, 4.69) is 0 Å². The van der Waals surface area contributed by atoms with Crippen molar-refractivity contribution in [3.05, 3.63) is 11.4 Å². The zero-order valence-electron chi connectivity index (χ0n) is 11.6. The van der Waals surface area contributed by atoms with Gasteiger partial charge in [-0.15, -0.1) is 0 Å². The van der Waals surface area contributed by atoms with E-state index in [9.17, 15) is 9.18 Å². The number of hydrogen-bond donors (Lipinski definition) is 0. The summed E-state index contributed by atoms with van der Waals surface area (Å²) in [4.78, 5) is 11.4. The van der Waals surface area contributed by atoms with E-state index in [-0.39, 0.29) is 30.3 Å². The molecule has 1 aliphatic rings. The van der Waals surface area contributed by atoms with Crippen LogP contribution >= 0.6 is 0 Å². The minimum atomic E-state index is -0.957. The van der Waals surface area contributed by atoms with Gasteiger partial charge in [0, 0.05) is 11.0 Å². The van der Waals surface area contributed by atoms with Crippen LogP contribution < -0.4 is 0 Å². The molecule has 4 nitrogen and oxygen atoms in total. The molecule has 1 rings (SSSR count). The molecule has 1 heterocycles. The zero-order valence-corrected chi connectivity index (χ0v) is 11.6. The van der Waals surface area contributed by atoms with E-state index in [0.29, 0.717) is 0 Å². The van der Waals surface area contributed by atoms with Crippen molar-refractivity contribution in [1.82, 2.24) is 0 Å². The van der Waals surface area contributed by atoms with Gasteiger partial charge in [0.25, 0.3) is 0 Å². The molecule has 0 radical (unpaired) electrons. The fraction of sp³-hybridized carbons (Fsp3) is 0.769. The minimum Gasteiger partial charge on any atom is -0.458 e. The van der Waals surface area contributed by atoms with Gasteiger partial charge < -0.3 is 14.2 Å². The smallest absolute Gasteiger partial charge is 0.367 e. The Hall–Kier alpha value is -0.940. The lowest BCUT2D eigenvalue weighted by atomic mass is 9.95. The molecule has 0 aromatic heterocycles. The molecule has 0 aromatic rings. The molecule has 0 N–H and O–H groups in total. The van der Waals surface area contributed by atoms with Gasteiger partial charge in [0.2, 0.25) is 5.83 Å². The molecule has 104 valence electrons. The van der Waals surface area contributed by atoms with Crippen molar-refractivity contribution in [3.63, 3.8) is 0 Å². The molecule has 1 fully saturated rings. The van der Waals surface area contributed by atoms with Crippen LogP contribution in [0.5, 0.6) is 0 Å². The number of esters is 1. The Morgan fingerprint density at radius 2 is 1.83 bits per heavy atom. The van der Waals surface area contributed by atoms with Gasteiger partial charge in [0.1, 0.15) is 0 Å². The van der Waals surface area contributed by atoms with Crippen LogP contribution in [0.25, 0.3) is 0 Å². The topological polar surface area (TPSA) is 44.8 Å². The van der Waals surface area contributed by atoms with Crippen LogP contribution in [0.3, 0.4) is 0 Å². The summed E-state index contributed by atoms with van der Waals surface area (Å²) in [5, 5.41) is 0. The largest absolute Gasteiger partial charge is 0.458 e. The molecule has 0 unspecified atom stereocenters. The maximum Gasteiger partial charge on any atom is 0.367 e. The second-order valence-electron chi connectivity index (χ2n) is 5.69. The Morgan fingerprint density at radius 1 is 1.33 bits per heavy atom. The van der Waals surface area contributed by atoms with Gasteiger partial charge in [-0.3, -0.25) is 0 Å². The summed E-state index contributed by atoms with van der Waals surface area (Å²) in [5.74, 6) is -1.86. The first-order chi connectivity index (χ1) is 8.21. The summed E-state index contributed by atoms with van der Waals surface area (Å²) in [5.41, 5.74) is 0.0154. The molecule has 5 heteroatoms. The lowest BCUT2D eigenvalue weighted by Crippen LogP contribution is -2.37. The molecule has 0 amide bonds. The third-order valence-electron chi connectivity index (χ3n) is 2.36. The van der Waals surface area contributed by atoms with E-state index < -0.39 is 18.1 Å². The average molecular weight is 260 g/mol. The predicted octanol–water partition coefficient (Wildman–Crippen LogP) is 2.58. The van der Waals surface area contributed by atoms with E-state index in [1.54, 1.807) is 13.8 Å². The molecular weight excluding hydrogens is 239 g/mol. The van der Waals surface area contributed by atoms with Crippen molar-refractivity contribution in [2.45, 2.75) is 47.0 Å². The van der Waals surface area contributed by atoms with Crippen LogP contribution in [-0.4, -0.2) is 31.6 Å². The Kier molecular flexibility index (Phi) is 4.87. The van der Waals surface area contributed by atoms with Gasteiger partial charge in [-0.25, -0.2) is 4.79 Å². The van der Waals surface area contributed by atoms with Crippen molar-refractivity contribution < 1.29 is 23.4 Å². The summed E-state index contributed by atoms with van der Waals surface area (Å²) in [6, 6.07) is 0. The molecule has 1 aliphatic heterocycles. The van der Waals surface area contributed by atoms with Gasteiger partial charge in [-0.2, -0.15) is 4.39 Å². The zero-order chi connectivity index (χ0) is 13.9. The van der Waals surface area contributed by atoms with E-state index in [1.807, 2.05) is 20.8 Å². The second-order valence-corrected chi connectivity index (χ2v) is 5.69. The molecule has 18 heavy (non-hydrogen) atoms. The van der Waals surface area contributed by atoms with Crippen LogP contribution in [0.4, 0.5) is 4.39 Å². The van der Waals surface area contributed by atoms with Crippen LogP contribution in [0.1, 0.15) is 34.6 Å². The maximum atomic E-state index is 13.7. The van der Waals surface area contributed by atoms with Gasteiger partial charge in [0.15, 0.2) is 6.29 Å². The summed E-state index contributed by atoms with van der Waals surface area (Å²) in [7, 11) is 0. The molecule has 1 saturated heterocycles. The Labute approximate surface area is 107 Å². The SMILES string of the molecule is CC(C)OC(=O)C(F)=C1COC(C(C)(C)C)OC1. The normalized spacial score (nSPS) is 21.1. The summed E-state index contributed by atoms with van der Waals surface area (Å²) < 4.78 is 29.3. The third kappa shape index (κ3) is 4.07. The number of rotatable bonds is 2. The highest BCUT2D eigenvalue weighted by Crippen LogP contribution is 2.28. The van der Waals surface area contributed by atoms with Gasteiger partial charge >= 0.3 is 5.97 Å². The van der Waals surface area contributed by atoms with Gasteiger partial charge in [-0.05, 0) is 13.8 Å². The van der Waals surface area contributed by atoms with Gasteiger partial charge in [0.05, 0.1) is 19.3 Å². The van der Waals surface area contributed by atoms with Crippen molar-refractivity contribution >= 4 is 5.97 Å². The van der Waals surface area contributed by atoms with Crippen LogP contribution in [0.2, 0.25) is 0 Å². The Bertz CT molecular complexity index is 331. The summed E-state index contributed by atoms with van der Waals surface area (Å²) in [6.07, 6.45) is -0.744. The first-order valence-corrected chi connectivity index (χ1v) is 6.03. The lowest BCUT2D eigenvalue weighted by molar-refractivity contribution is -0.207. The molecule has 0 bridgehead atoms.